The molecule has 0 radical (unpaired) electrons. The fourth-order valence-electron chi connectivity index (χ4n) is 2.26. The molecule has 140 valence electrons. The van der Waals surface area contributed by atoms with Gasteiger partial charge < -0.3 is 11.0 Å². The zero-order valence-electron chi connectivity index (χ0n) is 15.7. The summed E-state index contributed by atoms with van der Waals surface area (Å²) < 4.78 is 18.0. The van der Waals surface area contributed by atoms with Crippen molar-refractivity contribution in [2.45, 2.75) is 59.3 Å². The molecule has 0 spiro atoms. The van der Waals surface area contributed by atoms with Crippen LogP contribution in [0.25, 0.3) is 0 Å². The van der Waals surface area contributed by atoms with Gasteiger partial charge in [0.25, 0.3) is 0 Å². The van der Waals surface area contributed by atoms with Crippen LogP contribution < -0.4 is 6.15 Å². The minimum atomic E-state index is -3.65. The summed E-state index contributed by atoms with van der Waals surface area (Å²) in [4.78, 5) is 8.24. The molecule has 0 saturated carbocycles. The molecule has 22 heavy (non-hydrogen) atoms. The quantitative estimate of drug-likeness (QED) is 0.487. The third kappa shape index (κ3) is 16.9. The average molecular weight is 361 g/mol. The topological polar surface area (TPSA) is 90.8 Å². The maximum absolute atomic E-state index is 10.1. The van der Waals surface area contributed by atoms with Gasteiger partial charge in [0.2, 0.25) is 0 Å². The van der Waals surface area contributed by atoms with Crippen molar-refractivity contribution in [1.82, 2.24) is 6.15 Å². The Labute approximate surface area is 139 Å². The summed E-state index contributed by atoms with van der Waals surface area (Å²) in [5.41, 5.74) is 0. The van der Waals surface area contributed by atoms with Crippen LogP contribution in [-0.4, -0.2) is 44.3 Å². The van der Waals surface area contributed by atoms with Crippen molar-refractivity contribution in [2.24, 2.45) is 0 Å². The largest absolute Gasteiger partial charge is 0.471 e. The van der Waals surface area contributed by atoms with E-state index in [1.54, 1.807) is 18.5 Å². The van der Waals surface area contributed by atoms with Gasteiger partial charge in [-0.25, -0.2) is 4.57 Å². The van der Waals surface area contributed by atoms with Crippen molar-refractivity contribution >= 4 is 15.1 Å². The van der Waals surface area contributed by atoms with Crippen LogP contribution >= 0.6 is 15.1 Å². The maximum atomic E-state index is 10.1. The second kappa shape index (κ2) is 16.4. The first-order chi connectivity index (χ1) is 9.80. The molecule has 0 aliphatic rings. The predicted molar refractivity (Wildman–Crippen MR) is 102 cm³/mol. The molecular formula is C15H41NO4P2. The fraction of sp³-hybridized carbons (Fsp3) is 1.00. The standard InChI is InChI=1S/C13H31P.C2H7O4P.H3N/c1-5-8-11-14(4,12-9-6-2)13-10-7-3;1-5-7(3,4)6-2;/h14H,5-13H2,1-4H3;1-2H3,(H,3,4);1H3. The van der Waals surface area contributed by atoms with Gasteiger partial charge in [0.05, 0.1) is 0 Å². The molecule has 0 saturated heterocycles. The Morgan fingerprint density at radius 2 is 1.14 bits per heavy atom. The summed E-state index contributed by atoms with van der Waals surface area (Å²) in [6.45, 7) is 9.63. The van der Waals surface area contributed by atoms with E-state index in [-0.39, 0.29) is 6.15 Å². The van der Waals surface area contributed by atoms with E-state index in [2.05, 4.69) is 36.5 Å². The first-order valence-electron chi connectivity index (χ1n) is 8.25. The molecule has 0 bridgehead atoms. The van der Waals surface area contributed by atoms with Crippen LogP contribution in [0.3, 0.4) is 0 Å². The molecule has 0 aromatic heterocycles. The second-order valence-corrected chi connectivity index (χ2v) is 12.7. The average Bonchev–Trinajstić information content (AvgIpc) is 2.50. The summed E-state index contributed by atoms with van der Waals surface area (Å²) in [6, 6.07) is 0. The van der Waals surface area contributed by atoms with Crippen molar-refractivity contribution in [3.05, 3.63) is 0 Å². The molecular weight excluding hydrogens is 320 g/mol. The number of phosphoric acid groups is 1. The van der Waals surface area contributed by atoms with Crippen LogP contribution in [0.1, 0.15) is 59.3 Å². The van der Waals surface area contributed by atoms with E-state index in [0.717, 1.165) is 14.2 Å². The minimum absolute atomic E-state index is 0. The minimum Gasteiger partial charge on any atom is -0.344 e. The van der Waals surface area contributed by atoms with Crippen molar-refractivity contribution in [2.75, 3.05) is 39.4 Å². The normalized spacial score (nSPS) is 12.1. The molecule has 0 aromatic carbocycles. The Kier molecular flexibility index (Phi) is 20.3. The summed E-state index contributed by atoms with van der Waals surface area (Å²) in [5.74, 6) is 0. The van der Waals surface area contributed by atoms with E-state index in [9.17, 15) is 4.57 Å². The molecule has 5 nitrogen and oxygen atoms in total. The van der Waals surface area contributed by atoms with Crippen LogP contribution in [0.15, 0.2) is 0 Å². The molecule has 0 aliphatic heterocycles. The van der Waals surface area contributed by atoms with Crippen molar-refractivity contribution < 1.29 is 18.5 Å². The van der Waals surface area contributed by atoms with Crippen LogP contribution in [0, 0.1) is 0 Å². The van der Waals surface area contributed by atoms with E-state index in [1.165, 1.54) is 38.5 Å². The number of phosphoric ester groups is 1. The number of hydrogen-bond donors (Lipinski definition) is 2. The Hall–Kier alpha value is 0.500. The summed E-state index contributed by atoms with van der Waals surface area (Å²) in [7, 11) is -2.26. The summed E-state index contributed by atoms with van der Waals surface area (Å²) in [5, 5.41) is 0. The SMILES string of the molecule is CCCC[PH](C)(CCCC)CCCC.COP(=O)(O)OC.N. The smallest absolute Gasteiger partial charge is 0.344 e. The van der Waals surface area contributed by atoms with E-state index in [1.807, 2.05) is 0 Å². The molecule has 0 aromatic rings. The van der Waals surface area contributed by atoms with Gasteiger partial charge in [0.15, 0.2) is 0 Å². The van der Waals surface area contributed by atoms with Crippen LogP contribution in [0.5, 0.6) is 0 Å². The Morgan fingerprint density at radius 1 is 0.864 bits per heavy atom. The third-order valence-corrected chi connectivity index (χ3v) is 9.47. The van der Waals surface area contributed by atoms with Crippen molar-refractivity contribution in [3.8, 4) is 0 Å². The van der Waals surface area contributed by atoms with Crippen LogP contribution in [0.2, 0.25) is 0 Å². The summed E-state index contributed by atoms with van der Waals surface area (Å²) >= 11 is 0. The zero-order valence-corrected chi connectivity index (χ0v) is 17.6. The van der Waals surface area contributed by atoms with Gasteiger partial charge in [-0.2, -0.15) is 0 Å². The van der Waals surface area contributed by atoms with Gasteiger partial charge in [-0.05, 0) is 0 Å². The third-order valence-electron chi connectivity index (χ3n) is 3.86. The van der Waals surface area contributed by atoms with E-state index < -0.39 is 15.1 Å². The molecule has 7 heteroatoms. The first-order valence-corrected chi connectivity index (χ1v) is 12.9. The monoisotopic (exact) mass is 361 g/mol. The maximum Gasteiger partial charge on any atom is 0.471 e. The van der Waals surface area contributed by atoms with Gasteiger partial charge >= 0.3 is 99.5 Å². The molecule has 0 aliphatic carbocycles. The molecule has 0 rings (SSSR count). The van der Waals surface area contributed by atoms with Gasteiger partial charge in [0, 0.05) is 14.2 Å². The second-order valence-electron chi connectivity index (χ2n) is 5.96. The van der Waals surface area contributed by atoms with Crippen LogP contribution in [-0.2, 0) is 13.6 Å². The van der Waals surface area contributed by atoms with Crippen LogP contribution in [0.4, 0.5) is 0 Å². The van der Waals surface area contributed by atoms with Gasteiger partial charge in [-0.3, -0.25) is 9.05 Å². The first kappa shape index (κ1) is 27.4. The van der Waals surface area contributed by atoms with Gasteiger partial charge in [-0.1, -0.05) is 0 Å². The van der Waals surface area contributed by atoms with E-state index in [4.69, 9.17) is 4.89 Å². The number of hydrogen-bond acceptors (Lipinski definition) is 4. The zero-order chi connectivity index (χ0) is 16.8. The predicted octanol–water partition coefficient (Wildman–Crippen LogP) is 5.31. The molecule has 0 fully saturated rings. The fourth-order valence-corrected chi connectivity index (χ4v) is 6.78. The molecule has 4 N–H and O–H groups in total. The Morgan fingerprint density at radius 3 is 1.27 bits per heavy atom. The molecule has 0 amide bonds. The number of unbranched alkanes of at least 4 members (excludes halogenated alkanes) is 3. The molecule has 0 atom stereocenters. The number of rotatable bonds is 11. The van der Waals surface area contributed by atoms with Crippen molar-refractivity contribution in [3.63, 3.8) is 0 Å². The molecule has 0 heterocycles. The summed E-state index contributed by atoms with van der Waals surface area (Å²) in [6.07, 6.45) is 13.4. The Balaban J connectivity index is -0.000000385. The van der Waals surface area contributed by atoms with Crippen molar-refractivity contribution in [1.29, 1.82) is 0 Å². The molecule has 0 unspecified atom stereocenters. The van der Waals surface area contributed by atoms with E-state index in [0.29, 0.717) is 0 Å². The van der Waals surface area contributed by atoms with Gasteiger partial charge in [0.1, 0.15) is 0 Å². The Bertz CT molecular complexity index is 248. The van der Waals surface area contributed by atoms with E-state index >= 15 is 0 Å². The van der Waals surface area contributed by atoms with Gasteiger partial charge in [-0.15, -0.1) is 0 Å².